The summed E-state index contributed by atoms with van der Waals surface area (Å²) in [6, 6.07) is 66.9. The highest BCUT2D eigenvalue weighted by Gasteiger charge is 2.21. The minimum absolute atomic E-state index is 0.586. The summed E-state index contributed by atoms with van der Waals surface area (Å²) in [6.45, 7) is 0. The Bertz CT molecular complexity index is 3410. The summed E-state index contributed by atoms with van der Waals surface area (Å²) in [5.41, 5.74) is 9.89. The van der Waals surface area contributed by atoms with Gasteiger partial charge in [-0.05, 0) is 69.8 Å². The van der Waals surface area contributed by atoms with E-state index < -0.39 is 0 Å². The lowest BCUT2D eigenvalue weighted by molar-refractivity contribution is 0.953. The summed E-state index contributed by atoms with van der Waals surface area (Å²) in [5, 5.41) is 9.83. The third-order valence-electron chi connectivity index (χ3n) is 11.3. The van der Waals surface area contributed by atoms with E-state index >= 15 is 0 Å². The van der Waals surface area contributed by atoms with Crippen LogP contribution in [0.15, 0.2) is 188 Å². The first kappa shape index (κ1) is 30.8. The topological polar surface area (TPSA) is 48.5 Å². The monoisotopic (exact) mass is 713 g/mol. The third-order valence-corrected chi connectivity index (χ3v) is 11.3. The molecule has 260 valence electrons. The van der Waals surface area contributed by atoms with Gasteiger partial charge >= 0.3 is 0 Å². The Kier molecular flexibility index (Phi) is 6.56. The predicted octanol–water partition coefficient (Wildman–Crippen LogP) is 12.8. The van der Waals surface area contributed by atoms with Crippen LogP contribution in [0.2, 0.25) is 0 Å². The first-order valence-electron chi connectivity index (χ1n) is 19.0. The van der Waals surface area contributed by atoms with Crippen molar-refractivity contribution in [3.8, 4) is 45.5 Å². The van der Waals surface area contributed by atoms with Crippen LogP contribution in [0.3, 0.4) is 0 Å². The number of para-hydroxylation sites is 1. The molecule has 12 aromatic rings. The maximum atomic E-state index is 5.13. The minimum Gasteiger partial charge on any atom is -0.309 e. The molecule has 0 unspecified atom stereocenters. The summed E-state index contributed by atoms with van der Waals surface area (Å²) in [6.07, 6.45) is 0. The lowest BCUT2D eigenvalue weighted by Gasteiger charge is -2.13. The lowest BCUT2D eigenvalue weighted by Crippen LogP contribution is -2.06. The van der Waals surface area contributed by atoms with E-state index in [2.05, 4.69) is 137 Å². The number of fused-ring (bicyclic) bond motifs is 4. The zero-order chi connectivity index (χ0) is 36.7. The van der Waals surface area contributed by atoms with Gasteiger partial charge in [0.2, 0.25) is 5.95 Å². The van der Waals surface area contributed by atoms with Gasteiger partial charge in [0.25, 0.3) is 0 Å². The molecule has 0 atom stereocenters. The molecule has 0 saturated heterocycles. The smallest absolute Gasteiger partial charge is 0.238 e. The molecule has 0 aliphatic carbocycles. The van der Waals surface area contributed by atoms with Crippen molar-refractivity contribution in [3.05, 3.63) is 188 Å². The maximum absolute atomic E-state index is 5.13. The Morgan fingerprint density at radius 2 is 0.911 bits per heavy atom. The first-order valence-corrected chi connectivity index (χ1v) is 19.0. The van der Waals surface area contributed by atoms with Gasteiger partial charge in [-0.15, -0.1) is 0 Å². The SMILES string of the molecule is c1ccc(-c2nc(-c3ccccc3)nc(-n3c4ccccc4c4cc(-c5cc6ccc7cccc8c7c6c(c5)n8-c5cccc6ccccc56)ccc43)n2)cc1. The van der Waals surface area contributed by atoms with Gasteiger partial charge in [-0.2, -0.15) is 9.97 Å². The summed E-state index contributed by atoms with van der Waals surface area (Å²) >= 11 is 0. The lowest BCUT2D eigenvalue weighted by atomic mass is 9.96. The van der Waals surface area contributed by atoms with Gasteiger partial charge in [0.15, 0.2) is 11.6 Å². The quantitative estimate of drug-likeness (QED) is 0.167. The van der Waals surface area contributed by atoms with Crippen LogP contribution in [-0.2, 0) is 0 Å². The second kappa shape index (κ2) is 11.9. The largest absolute Gasteiger partial charge is 0.309 e. The molecule has 5 heteroatoms. The van der Waals surface area contributed by atoms with Crippen LogP contribution >= 0.6 is 0 Å². The third kappa shape index (κ3) is 4.58. The number of aromatic nitrogens is 5. The Labute approximate surface area is 321 Å². The Morgan fingerprint density at radius 3 is 1.71 bits per heavy atom. The number of hydrogen-bond donors (Lipinski definition) is 0. The van der Waals surface area contributed by atoms with Crippen LogP contribution in [0.4, 0.5) is 0 Å². The number of benzene rings is 9. The molecule has 0 N–H and O–H groups in total. The van der Waals surface area contributed by atoms with E-state index in [1.807, 2.05) is 60.7 Å². The van der Waals surface area contributed by atoms with Gasteiger partial charge in [0, 0.05) is 38.1 Å². The average Bonchev–Trinajstić information content (AvgIpc) is 3.79. The van der Waals surface area contributed by atoms with E-state index in [0.717, 1.165) is 38.5 Å². The molecule has 3 aromatic heterocycles. The number of hydrogen-bond acceptors (Lipinski definition) is 3. The van der Waals surface area contributed by atoms with Crippen molar-refractivity contribution in [1.29, 1.82) is 0 Å². The molecular weight excluding hydrogens is 683 g/mol. The van der Waals surface area contributed by atoms with Crippen molar-refractivity contribution in [2.24, 2.45) is 0 Å². The zero-order valence-electron chi connectivity index (χ0n) is 30.1. The number of nitrogens with zero attached hydrogens (tertiary/aromatic N) is 5. The fraction of sp³-hybridized carbons (Fsp3) is 0. The summed E-state index contributed by atoms with van der Waals surface area (Å²) in [4.78, 5) is 15.2. The molecule has 9 aromatic carbocycles. The first-order chi connectivity index (χ1) is 27.8. The van der Waals surface area contributed by atoms with Gasteiger partial charge in [0.1, 0.15) is 0 Å². The van der Waals surface area contributed by atoms with E-state index in [9.17, 15) is 0 Å². The molecule has 0 aliphatic heterocycles. The van der Waals surface area contributed by atoms with Crippen molar-refractivity contribution in [2.75, 3.05) is 0 Å². The molecule has 0 aliphatic rings. The van der Waals surface area contributed by atoms with Crippen LogP contribution in [0.25, 0.3) is 111 Å². The molecule has 12 rings (SSSR count). The molecule has 3 heterocycles. The Morgan fingerprint density at radius 1 is 0.304 bits per heavy atom. The highest BCUT2D eigenvalue weighted by atomic mass is 15.2. The molecule has 0 spiro atoms. The zero-order valence-corrected chi connectivity index (χ0v) is 30.1. The summed E-state index contributed by atoms with van der Waals surface area (Å²) in [5.74, 6) is 1.86. The summed E-state index contributed by atoms with van der Waals surface area (Å²) in [7, 11) is 0. The molecule has 0 radical (unpaired) electrons. The van der Waals surface area contributed by atoms with E-state index in [4.69, 9.17) is 15.0 Å². The highest BCUT2D eigenvalue weighted by Crippen LogP contribution is 2.43. The second-order valence-electron chi connectivity index (χ2n) is 14.5. The fourth-order valence-electron chi connectivity index (χ4n) is 8.79. The van der Waals surface area contributed by atoms with Gasteiger partial charge in [-0.25, -0.2) is 4.98 Å². The minimum atomic E-state index is 0.586. The second-order valence-corrected chi connectivity index (χ2v) is 14.5. The van der Waals surface area contributed by atoms with Gasteiger partial charge in [0.05, 0.1) is 27.8 Å². The Hall–Kier alpha value is -7.63. The van der Waals surface area contributed by atoms with Crippen LogP contribution in [-0.4, -0.2) is 24.1 Å². The van der Waals surface area contributed by atoms with Crippen molar-refractivity contribution < 1.29 is 0 Å². The number of rotatable bonds is 5. The highest BCUT2D eigenvalue weighted by molar-refractivity contribution is 6.25. The standard InChI is InChI=1S/C51H31N5/c1-3-14-34(15-4-1)49-52-50(35-16-5-2-6-17-35)54-51(53-49)56-43-22-10-9-21-40(43)41-30-36(27-28-44(41)56)38-29-37-26-25-33-19-12-24-45-47(33)48(37)46(31-38)55(45)42-23-11-18-32-13-7-8-20-39(32)42/h1-31H. The van der Waals surface area contributed by atoms with Crippen LogP contribution in [0.1, 0.15) is 0 Å². The average molecular weight is 714 g/mol. The van der Waals surface area contributed by atoms with E-state index in [1.54, 1.807) is 0 Å². The summed E-state index contributed by atoms with van der Waals surface area (Å²) < 4.78 is 4.65. The van der Waals surface area contributed by atoms with Crippen molar-refractivity contribution in [1.82, 2.24) is 24.1 Å². The van der Waals surface area contributed by atoms with Crippen molar-refractivity contribution in [2.45, 2.75) is 0 Å². The molecule has 5 nitrogen and oxygen atoms in total. The van der Waals surface area contributed by atoms with Gasteiger partial charge in [-0.3, -0.25) is 4.57 Å². The molecule has 0 saturated carbocycles. The van der Waals surface area contributed by atoms with Crippen LogP contribution in [0, 0.1) is 0 Å². The van der Waals surface area contributed by atoms with Crippen LogP contribution in [0.5, 0.6) is 0 Å². The van der Waals surface area contributed by atoms with Crippen LogP contribution < -0.4 is 0 Å². The van der Waals surface area contributed by atoms with Gasteiger partial charge in [-0.1, -0.05) is 146 Å². The molecule has 56 heavy (non-hydrogen) atoms. The van der Waals surface area contributed by atoms with Gasteiger partial charge < -0.3 is 4.57 Å². The van der Waals surface area contributed by atoms with E-state index in [-0.39, 0.29) is 0 Å². The molecular formula is C51H31N5. The predicted molar refractivity (Wildman–Crippen MR) is 231 cm³/mol. The van der Waals surface area contributed by atoms with Crippen molar-refractivity contribution >= 4 is 65.2 Å². The van der Waals surface area contributed by atoms with Crippen molar-refractivity contribution in [3.63, 3.8) is 0 Å². The fourth-order valence-corrected chi connectivity index (χ4v) is 8.79. The molecule has 0 amide bonds. The molecule has 0 bridgehead atoms. The van der Waals surface area contributed by atoms with E-state index in [0.29, 0.717) is 17.6 Å². The molecule has 0 fully saturated rings. The Balaban J connectivity index is 1.10. The van der Waals surface area contributed by atoms with E-state index in [1.165, 1.54) is 54.6 Å². The maximum Gasteiger partial charge on any atom is 0.238 e. The normalized spacial score (nSPS) is 11.9.